The van der Waals surface area contributed by atoms with Crippen LogP contribution in [0.2, 0.25) is 0 Å². The van der Waals surface area contributed by atoms with Crippen molar-refractivity contribution < 1.29 is 8.42 Å². The van der Waals surface area contributed by atoms with E-state index in [2.05, 4.69) is 9.71 Å². The van der Waals surface area contributed by atoms with Gasteiger partial charge in [-0.25, -0.2) is 18.1 Å². The second kappa shape index (κ2) is 4.86. The Bertz CT molecular complexity index is 384. The summed E-state index contributed by atoms with van der Waals surface area (Å²) in [6.45, 7) is 4.02. The minimum atomic E-state index is -3.05. The van der Waals surface area contributed by atoms with Crippen molar-refractivity contribution in [1.82, 2.24) is 9.71 Å². The van der Waals surface area contributed by atoms with Gasteiger partial charge < -0.3 is 0 Å². The summed E-state index contributed by atoms with van der Waals surface area (Å²) in [4.78, 5) is 5.21. The van der Waals surface area contributed by atoms with E-state index in [9.17, 15) is 8.42 Å². The van der Waals surface area contributed by atoms with Gasteiger partial charge in [-0.3, -0.25) is 0 Å². The average Bonchev–Trinajstić information content (AvgIpc) is 2.51. The van der Waals surface area contributed by atoms with Crippen molar-refractivity contribution in [2.45, 2.75) is 20.3 Å². The first-order valence-electron chi connectivity index (χ1n) is 4.42. The highest BCUT2D eigenvalue weighted by molar-refractivity contribution is 7.89. The molecule has 80 valence electrons. The lowest BCUT2D eigenvalue weighted by molar-refractivity contribution is 0.583. The van der Waals surface area contributed by atoms with Gasteiger partial charge in [0.05, 0.1) is 10.8 Å². The fraction of sp³-hybridized carbons (Fsp3) is 0.625. The molecule has 0 fully saturated rings. The van der Waals surface area contributed by atoms with Crippen LogP contribution in [0.4, 0.5) is 0 Å². The van der Waals surface area contributed by atoms with Crippen LogP contribution in [0.15, 0.2) is 6.20 Å². The highest BCUT2D eigenvalue weighted by Gasteiger charge is 2.05. The Morgan fingerprint density at radius 2 is 2.29 bits per heavy atom. The van der Waals surface area contributed by atoms with E-state index in [4.69, 9.17) is 0 Å². The number of hydrogen-bond acceptors (Lipinski definition) is 4. The molecule has 0 spiro atoms. The van der Waals surface area contributed by atoms with Gasteiger partial charge in [0.2, 0.25) is 10.0 Å². The number of hydrogen-bond donors (Lipinski definition) is 1. The molecule has 1 heterocycles. The molecule has 14 heavy (non-hydrogen) atoms. The van der Waals surface area contributed by atoms with E-state index in [1.807, 2.05) is 6.92 Å². The summed E-state index contributed by atoms with van der Waals surface area (Å²) in [7, 11) is -3.05. The molecular formula is C8H14N2O2S2. The van der Waals surface area contributed by atoms with Gasteiger partial charge in [0.15, 0.2) is 0 Å². The molecule has 0 radical (unpaired) electrons. The Labute approximate surface area is 88.4 Å². The van der Waals surface area contributed by atoms with Gasteiger partial charge in [0.25, 0.3) is 0 Å². The van der Waals surface area contributed by atoms with Crippen LogP contribution in [-0.2, 0) is 16.4 Å². The highest BCUT2D eigenvalue weighted by Crippen LogP contribution is 2.11. The predicted molar refractivity (Wildman–Crippen MR) is 58.0 cm³/mol. The molecule has 0 bridgehead atoms. The fourth-order valence-corrected chi connectivity index (χ4v) is 2.36. The summed E-state index contributed by atoms with van der Waals surface area (Å²) in [5, 5.41) is 1.01. The molecule has 4 nitrogen and oxygen atoms in total. The minimum Gasteiger partial charge on any atom is -0.250 e. The van der Waals surface area contributed by atoms with Crippen molar-refractivity contribution in [3.05, 3.63) is 16.1 Å². The van der Waals surface area contributed by atoms with Gasteiger partial charge in [0.1, 0.15) is 0 Å². The maximum atomic E-state index is 11.1. The molecule has 1 aromatic rings. The summed E-state index contributed by atoms with van der Waals surface area (Å²) < 4.78 is 24.7. The van der Waals surface area contributed by atoms with Crippen molar-refractivity contribution in [3.63, 3.8) is 0 Å². The van der Waals surface area contributed by atoms with Gasteiger partial charge in [-0.1, -0.05) is 0 Å². The largest absolute Gasteiger partial charge is 0.250 e. The molecule has 0 amide bonds. The van der Waals surface area contributed by atoms with Gasteiger partial charge in [-0.2, -0.15) is 0 Å². The number of thiazole rings is 1. The van der Waals surface area contributed by atoms with Gasteiger partial charge in [0, 0.05) is 17.6 Å². The lowest BCUT2D eigenvalue weighted by Gasteiger charge is -2.01. The van der Waals surface area contributed by atoms with E-state index in [1.165, 1.54) is 0 Å². The van der Waals surface area contributed by atoms with Crippen molar-refractivity contribution in [2.75, 3.05) is 12.3 Å². The maximum absolute atomic E-state index is 11.1. The quantitative estimate of drug-likeness (QED) is 0.824. The molecule has 0 saturated heterocycles. The first kappa shape index (κ1) is 11.6. The molecular weight excluding hydrogens is 220 g/mol. The number of aryl methyl sites for hydroxylation is 1. The van der Waals surface area contributed by atoms with Crippen LogP contribution in [0.3, 0.4) is 0 Å². The second-order valence-electron chi connectivity index (χ2n) is 2.89. The standard InChI is InChI=1S/C8H14N2O2S2/c1-3-14(11,12)10-5-4-8-6-9-7(2)13-8/h6,10H,3-5H2,1-2H3. The van der Waals surface area contributed by atoms with Crippen molar-refractivity contribution in [2.24, 2.45) is 0 Å². The molecule has 0 saturated carbocycles. The smallest absolute Gasteiger partial charge is 0.211 e. The number of sulfonamides is 1. The molecule has 0 aliphatic heterocycles. The first-order valence-corrected chi connectivity index (χ1v) is 6.89. The normalized spacial score (nSPS) is 11.9. The van der Waals surface area contributed by atoms with Crippen molar-refractivity contribution >= 4 is 21.4 Å². The molecule has 1 N–H and O–H groups in total. The number of nitrogens with zero attached hydrogens (tertiary/aromatic N) is 1. The monoisotopic (exact) mass is 234 g/mol. The molecule has 0 aromatic carbocycles. The molecule has 0 aliphatic rings. The Morgan fingerprint density at radius 1 is 1.57 bits per heavy atom. The van der Waals surface area contributed by atoms with Crippen LogP contribution in [0.25, 0.3) is 0 Å². The van der Waals surface area contributed by atoms with Crippen LogP contribution in [0.5, 0.6) is 0 Å². The number of nitrogens with one attached hydrogen (secondary N) is 1. The summed E-state index contributed by atoms with van der Waals surface area (Å²) >= 11 is 1.60. The molecule has 1 rings (SSSR count). The van der Waals surface area contributed by atoms with Crippen molar-refractivity contribution in [3.8, 4) is 0 Å². The van der Waals surface area contributed by atoms with Gasteiger partial charge >= 0.3 is 0 Å². The lowest BCUT2D eigenvalue weighted by Crippen LogP contribution is -2.27. The van der Waals surface area contributed by atoms with E-state index >= 15 is 0 Å². The summed E-state index contributed by atoms with van der Waals surface area (Å²) in [6, 6.07) is 0. The molecule has 0 unspecified atom stereocenters. The fourth-order valence-electron chi connectivity index (χ4n) is 0.953. The Kier molecular flexibility index (Phi) is 4.03. The zero-order valence-electron chi connectivity index (χ0n) is 8.28. The molecule has 0 atom stereocenters. The van der Waals surface area contributed by atoms with Crippen LogP contribution in [0.1, 0.15) is 16.8 Å². The van der Waals surface area contributed by atoms with E-state index in [-0.39, 0.29) is 5.75 Å². The third-order valence-electron chi connectivity index (χ3n) is 1.74. The maximum Gasteiger partial charge on any atom is 0.211 e. The van der Waals surface area contributed by atoms with E-state index in [1.54, 1.807) is 24.5 Å². The highest BCUT2D eigenvalue weighted by atomic mass is 32.2. The molecule has 0 aliphatic carbocycles. The zero-order valence-corrected chi connectivity index (χ0v) is 9.91. The zero-order chi connectivity index (χ0) is 10.6. The average molecular weight is 234 g/mol. The van der Waals surface area contributed by atoms with Crippen LogP contribution < -0.4 is 4.72 Å². The number of rotatable bonds is 5. The third-order valence-corrected chi connectivity index (χ3v) is 4.12. The lowest BCUT2D eigenvalue weighted by atomic mass is 10.4. The third kappa shape index (κ3) is 3.73. The summed E-state index contributed by atoms with van der Waals surface area (Å²) in [5.74, 6) is 0.134. The van der Waals surface area contributed by atoms with E-state index in [0.717, 1.165) is 9.88 Å². The van der Waals surface area contributed by atoms with E-state index in [0.29, 0.717) is 13.0 Å². The second-order valence-corrected chi connectivity index (χ2v) is 6.31. The Hall–Kier alpha value is -0.460. The van der Waals surface area contributed by atoms with Gasteiger partial charge in [-0.05, 0) is 20.3 Å². The van der Waals surface area contributed by atoms with E-state index < -0.39 is 10.0 Å². The van der Waals surface area contributed by atoms with Crippen LogP contribution in [0, 0.1) is 6.92 Å². The Morgan fingerprint density at radius 3 is 2.79 bits per heavy atom. The van der Waals surface area contributed by atoms with Crippen molar-refractivity contribution in [1.29, 1.82) is 0 Å². The molecule has 1 aromatic heterocycles. The minimum absolute atomic E-state index is 0.134. The predicted octanol–water partition coefficient (Wildman–Crippen LogP) is 0.933. The topological polar surface area (TPSA) is 59.1 Å². The molecule has 6 heteroatoms. The SMILES string of the molecule is CCS(=O)(=O)NCCc1cnc(C)s1. The van der Waals surface area contributed by atoms with Crippen LogP contribution >= 0.6 is 11.3 Å². The number of aromatic nitrogens is 1. The van der Waals surface area contributed by atoms with Gasteiger partial charge in [-0.15, -0.1) is 11.3 Å². The first-order chi connectivity index (χ1) is 6.53. The van der Waals surface area contributed by atoms with Crippen LogP contribution in [-0.4, -0.2) is 25.7 Å². The summed E-state index contributed by atoms with van der Waals surface area (Å²) in [6.07, 6.45) is 2.50. The Balaban J connectivity index is 2.36. The summed E-state index contributed by atoms with van der Waals surface area (Å²) in [5.41, 5.74) is 0.